The summed E-state index contributed by atoms with van der Waals surface area (Å²) in [5.41, 5.74) is -0.292. The molecule has 1 N–H and O–H groups in total. The Balaban J connectivity index is 0.00000144. The van der Waals surface area contributed by atoms with Crippen LogP contribution in [0.1, 0.15) is 10.4 Å². The molecular formula is C7H5NNaO4. The molecule has 0 heterocycles. The molecule has 5 nitrogen and oxygen atoms in total. The summed E-state index contributed by atoms with van der Waals surface area (Å²) in [6.45, 7) is 0. The molecule has 13 heavy (non-hydrogen) atoms. The molecule has 1 aromatic rings. The van der Waals surface area contributed by atoms with Crippen molar-refractivity contribution in [2.75, 3.05) is 0 Å². The van der Waals surface area contributed by atoms with Crippen molar-refractivity contribution in [3.63, 3.8) is 0 Å². The number of benzene rings is 1. The molecule has 0 saturated heterocycles. The molecule has 0 bridgehead atoms. The van der Waals surface area contributed by atoms with Crippen LogP contribution in [0.15, 0.2) is 18.2 Å². The van der Waals surface area contributed by atoms with Gasteiger partial charge in [-0.05, 0) is 6.07 Å². The fourth-order valence-electron chi connectivity index (χ4n) is 0.750. The third-order valence-electron chi connectivity index (χ3n) is 1.35. The third kappa shape index (κ3) is 2.80. The molecule has 0 spiro atoms. The Hall–Kier alpha value is -0.910. The Kier molecular flexibility index (Phi) is 4.61. The number of phenols is 1. The molecule has 0 aliphatic carbocycles. The molecule has 1 radical (unpaired) electrons. The predicted molar refractivity (Wildman–Crippen MR) is 45.9 cm³/mol. The second-order valence-electron chi connectivity index (χ2n) is 2.12. The summed E-state index contributed by atoms with van der Waals surface area (Å²) >= 11 is 0. The minimum absolute atomic E-state index is 0. The number of aldehydes is 1. The SMILES string of the molecule is O=Cc1cc([N+](=O)[O-])ccc1O.[Na]. The predicted octanol–water partition coefficient (Wildman–Crippen LogP) is 0.732. The van der Waals surface area contributed by atoms with E-state index < -0.39 is 4.92 Å². The van der Waals surface area contributed by atoms with Crippen LogP contribution in [0.4, 0.5) is 5.69 Å². The van der Waals surface area contributed by atoms with Crippen molar-refractivity contribution < 1.29 is 14.8 Å². The molecule has 0 fully saturated rings. The summed E-state index contributed by atoms with van der Waals surface area (Å²) in [7, 11) is 0. The first-order valence-corrected chi connectivity index (χ1v) is 3.07. The number of nitro benzene ring substituents is 1. The largest absolute Gasteiger partial charge is 0.507 e. The molecule has 0 atom stereocenters. The average Bonchev–Trinajstić information content (AvgIpc) is 2.05. The number of rotatable bonds is 2. The first kappa shape index (κ1) is 12.1. The Labute approximate surface area is 95.8 Å². The first-order chi connectivity index (χ1) is 5.65. The van der Waals surface area contributed by atoms with Gasteiger partial charge >= 0.3 is 0 Å². The number of nitrogens with zero attached hydrogens (tertiary/aromatic N) is 1. The Morgan fingerprint density at radius 1 is 1.46 bits per heavy atom. The number of carbonyl (C=O) groups is 1. The summed E-state index contributed by atoms with van der Waals surface area (Å²) in [5, 5.41) is 19.2. The van der Waals surface area contributed by atoms with Crippen LogP contribution >= 0.6 is 0 Å². The first-order valence-electron chi connectivity index (χ1n) is 3.07. The van der Waals surface area contributed by atoms with E-state index in [1.807, 2.05) is 0 Å². The maximum Gasteiger partial charge on any atom is 0.270 e. The van der Waals surface area contributed by atoms with Crippen LogP contribution in [0.25, 0.3) is 0 Å². The van der Waals surface area contributed by atoms with E-state index >= 15 is 0 Å². The summed E-state index contributed by atoms with van der Waals surface area (Å²) in [6, 6.07) is 3.26. The van der Waals surface area contributed by atoms with Gasteiger partial charge in [-0.15, -0.1) is 0 Å². The van der Waals surface area contributed by atoms with E-state index in [9.17, 15) is 14.9 Å². The standard InChI is InChI=1S/C7H5NO4.Na/c9-4-5-3-6(8(11)12)1-2-7(5)10;/h1-4,10H;. The Morgan fingerprint density at radius 2 is 2.08 bits per heavy atom. The Morgan fingerprint density at radius 3 is 2.54 bits per heavy atom. The van der Waals surface area contributed by atoms with Crippen molar-refractivity contribution in [2.45, 2.75) is 0 Å². The van der Waals surface area contributed by atoms with E-state index in [-0.39, 0.29) is 46.6 Å². The summed E-state index contributed by atoms with van der Waals surface area (Å²) in [5.74, 6) is -0.254. The van der Waals surface area contributed by atoms with Crippen molar-refractivity contribution in [1.82, 2.24) is 0 Å². The zero-order valence-corrected chi connectivity index (χ0v) is 8.93. The number of non-ortho nitro benzene ring substituents is 1. The van der Waals surface area contributed by atoms with Crippen LogP contribution in [-0.2, 0) is 0 Å². The van der Waals surface area contributed by atoms with Crippen molar-refractivity contribution in [1.29, 1.82) is 0 Å². The maximum atomic E-state index is 10.2. The molecule has 1 aromatic carbocycles. The minimum atomic E-state index is -0.633. The molecule has 0 aliphatic rings. The number of aromatic hydroxyl groups is 1. The van der Waals surface area contributed by atoms with Gasteiger partial charge in [0.15, 0.2) is 6.29 Å². The van der Waals surface area contributed by atoms with E-state index in [2.05, 4.69) is 0 Å². The normalized spacial score (nSPS) is 8.62. The topological polar surface area (TPSA) is 80.4 Å². The van der Waals surface area contributed by atoms with E-state index in [0.29, 0.717) is 6.29 Å². The second-order valence-corrected chi connectivity index (χ2v) is 2.12. The van der Waals surface area contributed by atoms with Gasteiger partial charge in [0.25, 0.3) is 5.69 Å². The fraction of sp³-hybridized carbons (Fsp3) is 0. The van der Waals surface area contributed by atoms with Gasteiger partial charge in [-0.2, -0.15) is 0 Å². The minimum Gasteiger partial charge on any atom is -0.507 e. The quantitative estimate of drug-likeness (QED) is 0.322. The molecule has 0 aliphatic heterocycles. The van der Waals surface area contributed by atoms with Gasteiger partial charge < -0.3 is 5.11 Å². The maximum absolute atomic E-state index is 10.2. The van der Waals surface area contributed by atoms with E-state index in [0.717, 1.165) is 18.2 Å². The van der Waals surface area contributed by atoms with Gasteiger partial charge in [-0.25, -0.2) is 0 Å². The van der Waals surface area contributed by atoms with Crippen LogP contribution in [0, 0.1) is 10.1 Å². The van der Waals surface area contributed by atoms with Gasteiger partial charge in [-0.1, -0.05) is 0 Å². The van der Waals surface area contributed by atoms with Gasteiger partial charge in [0.05, 0.1) is 10.5 Å². The second kappa shape index (κ2) is 4.96. The summed E-state index contributed by atoms with van der Waals surface area (Å²) in [6.07, 6.45) is 0.363. The van der Waals surface area contributed by atoms with Crippen LogP contribution in [0.2, 0.25) is 0 Å². The van der Waals surface area contributed by atoms with Crippen LogP contribution in [0.5, 0.6) is 5.75 Å². The zero-order valence-electron chi connectivity index (χ0n) is 6.93. The summed E-state index contributed by atoms with van der Waals surface area (Å²) < 4.78 is 0. The van der Waals surface area contributed by atoms with Crippen molar-refractivity contribution >= 4 is 41.5 Å². The van der Waals surface area contributed by atoms with Gasteiger partial charge in [-0.3, -0.25) is 14.9 Å². The molecule has 1 rings (SSSR count). The average molecular weight is 190 g/mol. The van der Waals surface area contributed by atoms with E-state index in [1.54, 1.807) is 0 Å². The van der Waals surface area contributed by atoms with Crippen LogP contribution < -0.4 is 0 Å². The van der Waals surface area contributed by atoms with Crippen LogP contribution in [-0.4, -0.2) is 45.9 Å². The molecule has 6 heteroatoms. The number of hydrogen-bond donors (Lipinski definition) is 1. The molecule has 0 saturated carbocycles. The van der Waals surface area contributed by atoms with Gasteiger partial charge in [0.1, 0.15) is 5.75 Å². The fourth-order valence-corrected chi connectivity index (χ4v) is 0.750. The third-order valence-corrected chi connectivity index (χ3v) is 1.35. The van der Waals surface area contributed by atoms with Gasteiger partial charge in [0.2, 0.25) is 0 Å². The number of phenolic OH excluding ortho intramolecular Hbond substituents is 1. The van der Waals surface area contributed by atoms with E-state index in [4.69, 9.17) is 5.11 Å². The van der Waals surface area contributed by atoms with Crippen molar-refractivity contribution in [3.05, 3.63) is 33.9 Å². The van der Waals surface area contributed by atoms with Crippen molar-refractivity contribution in [3.8, 4) is 5.75 Å². The number of carbonyl (C=O) groups excluding carboxylic acids is 1. The van der Waals surface area contributed by atoms with Gasteiger partial charge in [0, 0.05) is 41.7 Å². The molecule has 0 unspecified atom stereocenters. The van der Waals surface area contributed by atoms with E-state index in [1.165, 1.54) is 0 Å². The molecule has 0 aromatic heterocycles. The molecule has 0 amide bonds. The van der Waals surface area contributed by atoms with Crippen molar-refractivity contribution in [2.24, 2.45) is 0 Å². The number of hydrogen-bond acceptors (Lipinski definition) is 4. The monoisotopic (exact) mass is 190 g/mol. The molecular weight excluding hydrogens is 185 g/mol. The Bertz CT molecular complexity index is 339. The molecule has 63 valence electrons. The zero-order chi connectivity index (χ0) is 9.14. The number of nitro groups is 1. The summed E-state index contributed by atoms with van der Waals surface area (Å²) in [4.78, 5) is 19.8. The smallest absolute Gasteiger partial charge is 0.270 e. The van der Waals surface area contributed by atoms with Crippen LogP contribution in [0.3, 0.4) is 0 Å².